The maximum absolute atomic E-state index is 13.0. The van der Waals surface area contributed by atoms with Gasteiger partial charge in [-0.2, -0.15) is 0 Å². The summed E-state index contributed by atoms with van der Waals surface area (Å²) < 4.78 is 1.88. The van der Waals surface area contributed by atoms with Crippen LogP contribution in [0.1, 0.15) is 25.7 Å². The lowest BCUT2D eigenvalue weighted by Crippen LogP contribution is -2.00. The highest BCUT2D eigenvalue weighted by Gasteiger charge is 2.33. The van der Waals surface area contributed by atoms with E-state index in [1.54, 1.807) is 30.3 Å². The van der Waals surface area contributed by atoms with Gasteiger partial charge < -0.3 is 4.57 Å². The van der Waals surface area contributed by atoms with Crippen LogP contribution >= 0.6 is 11.3 Å². The number of carbonyl (C=O) groups is 2. The van der Waals surface area contributed by atoms with Crippen LogP contribution in [-0.4, -0.2) is 26.1 Å². The summed E-state index contributed by atoms with van der Waals surface area (Å²) in [5.74, 6) is 0.203. The molecule has 33 heavy (non-hydrogen) atoms. The molecule has 0 saturated heterocycles. The zero-order valence-electron chi connectivity index (χ0n) is 17.4. The van der Waals surface area contributed by atoms with Crippen molar-refractivity contribution in [1.29, 1.82) is 0 Å². The molecule has 0 bridgehead atoms. The molecule has 0 radical (unpaired) electrons. The maximum atomic E-state index is 13.0. The number of carbonyl (C=O) groups excluding carboxylic acids is 2. The van der Waals surface area contributed by atoms with E-state index in [4.69, 9.17) is 11.6 Å². The fraction of sp³-hybridized carbons (Fsp3) is 0.0385. The lowest BCUT2D eigenvalue weighted by Gasteiger charge is -2.01. The molecule has 0 aliphatic heterocycles. The number of hydrogen-bond acceptors (Lipinski definition) is 5. The van der Waals surface area contributed by atoms with Crippen LogP contribution in [0.4, 0.5) is 5.69 Å². The Hall–Kier alpha value is -4.41. The smallest absolute Gasteiger partial charge is 0.197 e. The summed E-state index contributed by atoms with van der Waals surface area (Å²) >= 11 is 1.33. The van der Waals surface area contributed by atoms with Crippen molar-refractivity contribution in [3.8, 4) is 11.4 Å². The zero-order chi connectivity index (χ0) is 22.7. The first kappa shape index (κ1) is 19.3. The van der Waals surface area contributed by atoms with Crippen LogP contribution in [0.5, 0.6) is 0 Å². The molecule has 5 aromatic rings. The lowest BCUT2D eigenvalue weighted by molar-refractivity contribution is 0.0990. The van der Waals surface area contributed by atoms with Gasteiger partial charge in [0.2, 0.25) is 0 Å². The molecule has 0 unspecified atom stereocenters. The van der Waals surface area contributed by atoms with Crippen LogP contribution in [0.3, 0.4) is 0 Å². The molecule has 7 heteroatoms. The van der Waals surface area contributed by atoms with Gasteiger partial charge >= 0.3 is 0 Å². The van der Waals surface area contributed by atoms with Gasteiger partial charge in [0, 0.05) is 23.7 Å². The van der Waals surface area contributed by atoms with E-state index in [1.165, 1.54) is 11.3 Å². The highest BCUT2D eigenvalue weighted by atomic mass is 32.1. The number of benzene rings is 3. The molecular formula is C26H14N4O2S. The van der Waals surface area contributed by atoms with Gasteiger partial charge in [-0.05, 0) is 29.0 Å². The van der Waals surface area contributed by atoms with E-state index in [2.05, 4.69) is 9.83 Å². The monoisotopic (exact) mass is 446 g/mol. The number of aromatic nitrogens is 3. The van der Waals surface area contributed by atoms with E-state index >= 15 is 0 Å². The van der Waals surface area contributed by atoms with Crippen molar-refractivity contribution in [2.75, 3.05) is 0 Å². The molecule has 0 fully saturated rings. The van der Waals surface area contributed by atoms with E-state index in [-0.39, 0.29) is 17.1 Å². The molecule has 0 saturated carbocycles. The third-order valence-corrected chi connectivity index (χ3v) is 6.72. The van der Waals surface area contributed by atoms with Crippen LogP contribution in [0.25, 0.3) is 43.6 Å². The first-order valence-electron chi connectivity index (χ1n) is 10.2. The summed E-state index contributed by atoms with van der Waals surface area (Å²) in [5, 5.41) is 2.42. The third kappa shape index (κ3) is 2.93. The van der Waals surface area contributed by atoms with Crippen LogP contribution in [0, 0.1) is 6.57 Å². The van der Waals surface area contributed by atoms with E-state index < -0.39 is 0 Å². The number of nitrogens with zero attached hydrogens (tertiary/aromatic N) is 4. The number of allylic oxidation sites excluding steroid dienone is 1. The van der Waals surface area contributed by atoms with Gasteiger partial charge in [0.1, 0.15) is 10.8 Å². The summed E-state index contributed by atoms with van der Waals surface area (Å²) in [6.45, 7) is 7.09. The van der Waals surface area contributed by atoms with Gasteiger partial charge in [0.25, 0.3) is 0 Å². The average Bonchev–Trinajstić information content (AvgIpc) is 3.45. The Kier molecular flexibility index (Phi) is 4.12. The highest BCUT2D eigenvalue weighted by Crippen LogP contribution is 2.34. The molecule has 2 heterocycles. The molecule has 0 amide bonds. The van der Waals surface area contributed by atoms with Gasteiger partial charge in [-0.15, -0.1) is 0 Å². The number of ketones is 2. The molecule has 0 spiro atoms. The average molecular weight is 446 g/mol. The number of thiazole rings is 1. The Morgan fingerprint density at radius 1 is 0.939 bits per heavy atom. The minimum Gasteiger partial charge on any atom is -0.311 e. The zero-order valence-corrected chi connectivity index (χ0v) is 18.2. The van der Waals surface area contributed by atoms with Crippen molar-refractivity contribution in [3.05, 3.63) is 93.8 Å². The number of fused-ring (bicyclic) bond motifs is 3. The van der Waals surface area contributed by atoms with Gasteiger partial charge in [0.05, 0.1) is 12.1 Å². The van der Waals surface area contributed by atoms with E-state index in [1.807, 2.05) is 48.0 Å². The fourth-order valence-electron chi connectivity index (χ4n) is 4.15. The molecule has 156 valence electrons. The SMILES string of the molecule is [C-]#[N+]c1ccc(-c2nc3sc(C=C4C(=O)c5cc6ccccc6cc5C4=O)nc3n2C)cc1. The normalized spacial score (nSPS) is 13.0. The van der Waals surface area contributed by atoms with E-state index in [9.17, 15) is 9.59 Å². The predicted octanol–water partition coefficient (Wildman–Crippen LogP) is 5.86. The van der Waals surface area contributed by atoms with Crippen molar-refractivity contribution in [3.63, 3.8) is 0 Å². The molecule has 2 aromatic heterocycles. The van der Waals surface area contributed by atoms with Crippen LogP contribution < -0.4 is 0 Å². The molecular weight excluding hydrogens is 432 g/mol. The Bertz CT molecular complexity index is 1660. The third-order valence-electron chi connectivity index (χ3n) is 5.84. The Balaban J connectivity index is 1.39. The highest BCUT2D eigenvalue weighted by molar-refractivity contribution is 7.19. The molecule has 3 aromatic carbocycles. The predicted molar refractivity (Wildman–Crippen MR) is 129 cm³/mol. The van der Waals surface area contributed by atoms with Crippen LogP contribution in [0.2, 0.25) is 0 Å². The molecule has 6 nitrogen and oxygen atoms in total. The van der Waals surface area contributed by atoms with Gasteiger partial charge in [-0.1, -0.05) is 59.9 Å². The molecule has 6 rings (SSSR count). The van der Waals surface area contributed by atoms with Crippen molar-refractivity contribution in [2.24, 2.45) is 7.05 Å². The van der Waals surface area contributed by atoms with Gasteiger partial charge in [0.15, 0.2) is 27.7 Å². The number of hydrogen-bond donors (Lipinski definition) is 0. The fourth-order valence-corrected chi connectivity index (χ4v) is 5.06. The van der Waals surface area contributed by atoms with Crippen molar-refractivity contribution >= 4 is 55.9 Å². The molecule has 1 aliphatic carbocycles. The van der Waals surface area contributed by atoms with E-state index in [0.717, 1.165) is 27.0 Å². The quantitative estimate of drug-likeness (QED) is 0.193. The van der Waals surface area contributed by atoms with Gasteiger partial charge in [-0.25, -0.2) is 14.8 Å². The Morgan fingerprint density at radius 2 is 1.58 bits per heavy atom. The number of rotatable bonds is 2. The summed E-state index contributed by atoms with van der Waals surface area (Å²) in [6.07, 6.45) is 1.58. The number of Topliss-reactive ketones (excluding diaryl/α,β-unsaturated/α-hetero) is 2. The van der Waals surface area contributed by atoms with Crippen LogP contribution in [0.15, 0.2) is 66.2 Å². The van der Waals surface area contributed by atoms with Crippen molar-refractivity contribution < 1.29 is 9.59 Å². The number of imidazole rings is 1. The second-order valence-electron chi connectivity index (χ2n) is 7.80. The minimum atomic E-state index is -0.270. The first-order chi connectivity index (χ1) is 16.0. The second kappa shape index (κ2) is 7.05. The molecule has 0 atom stereocenters. The molecule has 1 aliphatic rings. The van der Waals surface area contributed by atoms with E-state index in [0.29, 0.717) is 27.5 Å². The standard InChI is InChI=1S/C26H14N4O2S/c1-27-17-9-7-14(8-10-17)24-29-26-25(30(24)2)28-21(33-26)13-20-22(31)18-11-15-5-3-4-6-16(15)12-19(18)23(20)32/h3-13H,2H3. The Labute approximate surface area is 192 Å². The van der Waals surface area contributed by atoms with Gasteiger partial charge in [-0.3, -0.25) is 9.59 Å². The minimum absolute atomic E-state index is 0.134. The Morgan fingerprint density at radius 3 is 2.15 bits per heavy atom. The summed E-state index contributed by atoms with van der Waals surface area (Å²) in [5.41, 5.74) is 3.15. The van der Waals surface area contributed by atoms with Crippen LogP contribution in [-0.2, 0) is 7.05 Å². The number of aryl methyl sites for hydroxylation is 1. The topological polar surface area (TPSA) is 69.2 Å². The lowest BCUT2D eigenvalue weighted by atomic mass is 10.0. The van der Waals surface area contributed by atoms with Crippen molar-refractivity contribution in [1.82, 2.24) is 14.5 Å². The van der Waals surface area contributed by atoms with Crippen molar-refractivity contribution in [2.45, 2.75) is 0 Å². The first-order valence-corrected chi connectivity index (χ1v) is 11.0. The largest absolute Gasteiger partial charge is 0.311 e. The summed E-state index contributed by atoms with van der Waals surface area (Å²) in [6, 6.07) is 18.5. The maximum Gasteiger partial charge on any atom is 0.197 e. The summed E-state index contributed by atoms with van der Waals surface area (Å²) in [7, 11) is 1.87. The molecule has 0 N–H and O–H groups in total. The summed E-state index contributed by atoms with van der Waals surface area (Å²) in [4.78, 5) is 39.5. The second-order valence-corrected chi connectivity index (χ2v) is 8.80.